The Morgan fingerprint density at radius 2 is 2.47 bits per heavy atom. The van der Waals surface area contributed by atoms with Gasteiger partial charge in [0.1, 0.15) is 0 Å². The van der Waals surface area contributed by atoms with Crippen molar-refractivity contribution in [1.82, 2.24) is 20.3 Å². The van der Waals surface area contributed by atoms with E-state index >= 15 is 0 Å². The Kier molecular flexibility index (Phi) is 3.36. The lowest BCUT2D eigenvalue weighted by Crippen LogP contribution is -2.34. The highest BCUT2D eigenvalue weighted by Gasteiger charge is 2.25. The molecule has 2 heterocycles. The van der Waals surface area contributed by atoms with Crippen LogP contribution < -0.4 is 5.32 Å². The molecular weight excluding hydrogens is 188 g/mol. The van der Waals surface area contributed by atoms with Gasteiger partial charge in [0, 0.05) is 12.5 Å². The maximum Gasteiger partial charge on any atom is 0.0728 e. The molecule has 84 valence electrons. The highest BCUT2D eigenvalue weighted by Crippen LogP contribution is 2.29. The van der Waals surface area contributed by atoms with Crippen molar-refractivity contribution in [1.29, 1.82) is 0 Å². The molecule has 2 atom stereocenters. The van der Waals surface area contributed by atoms with Crippen molar-refractivity contribution >= 4 is 0 Å². The lowest BCUT2D eigenvalue weighted by Gasteiger charge is -2.29. The second-order valence-electron chi connectivity index (χ2n) is 4.46. The number of hydrogen-bond donors (Lipinski definition) is 1. The van der Waals surface area contributed by atoms with Crippen LogP contribution in [0.15, 0.2) is 6.20 Å². The van der Waals surface area contributed by atoms with E-state index in [1.165, 1.54) is 12.1 Å². The van der Waals surface area contributed by atoms with Crippen molar-refractivity contribution in [3.05, 3.63) is 11.9 Å². The number of aryl methyl sites for hydroxylation is 1. The quantitative estimate of drug-likeness (QED) is 0.816. The standard InChI is InChI=1S/C11H20N4/c1-3-6-15-11(8-13-14-15)10-4-5-12-7-9(10)2/h8-10,12H,3-7H2,1-2H3. The first kappa shape index (κ1) is 10.6. The molecule has 1 aliphatic heterocycles. The fourth-order valence-corrected chi connectivity index (χ4v) is 2.39. The lowest BCUT2D eigenvalue weighted by atomic mass is 9.85. The molecule has 1 saturated heterocycles. The van der Waals surface area contributed by atoms with Gasteiger partial charge < -0.3 is 5.32 Å². The van der Waals surface area contributed by atoms with Crippen LogP contribution in [0.2, 0.25) is 0 Å². The molecule has 15 heavy (non-hydrogen) atoms. The molecule has 0 spiro atoms. The van der Waals surface area contributed by atoms with Gasteiger partial charge in [0.25, 0.3) is 0 Å². The van der Waals surface area contributed by atoms with Crippen LogP contribution in [-0.2, 0) is 6.54 Å². The van der Waals surface area contributed by atoms with E-state index in [4.69, 9.17) is 0 Å². The molecule has 0 amide bonds. The molecule has 1 fully saturated rings. The van der Waals surface area contributed by atoms with E-state index in [0.717, 1.165) is 26.1 Å². The van der Waals surface area contributed by atoms with E-state index in [-0.39, 0.29) is 0 Å². The third-order valence-corrected chi connectivity index (χ3v) is 3.25. The first-order valence-corrected chi connectivity index (χ1v) is 5.92. The van der Waals surface area contributed by atoms with E-state index in [1.807, 2.05) is 6.20 Å². The molecule has 2 rings (SSSR count). The number of rotatable bonds is 3. The predicted molar refractivity (Wildman–Crippen MR) is 59.7 cm³/mol. The van der Waals surface area contributed by atoms with Gasteiger partial charge >= 0.3 is 0 Å². The molecule has 0 radical (unpaired) electrons. The first-order chi connectivity index (χ1) is 7.33. The largest absolute Gasteiger partial charge is 0.316 e. The molecule has 1 aromatic heterocycles. The fraction of sp³-hybridized carbons (Fsp3) is 0.818. The summed E-state index contributed by atoms with van der Waals surface area (Å²) in [6.07, 6.45) is 4.27. The summed E-state index contributed by atoms with van der Waals surface area (Å²) in [5.41, 5.74) is 1.32. The highest BCUT2D eigenvalue weighted by atomic mass is 15.4. The van der Waals surface area contributed by atoms with Crippen molar-refractivity contribution in [2.75, 3.05) is 13.1 Å². The lowest BCUT2D eigenvalue weighted by molar-refractivity contribution is 0.331. The molecule has 0 aliphatic carbocycles. The average molecular weight is 208 g/mol. The van der Waals surface area contributed by atoms with Gasteiger partial charge in [-0.1, -0.05) is 19.1 Å². The Labute approximate surface area is 91.1 Å². The normalized spacial score (nSPS) is 26.8. The van der Waals surface area contributed by atoms with Crippen LogP contribution >= 0.6 is 0 Å². The SMILES string of the molecule is CCCn1nncc1C1CCNCC1C. The Balaban J connectivity index is 2.15. The maximum atomic E-state index is 4.16. The van der Waals surface area contributed by atoms with Gasteiger partial charge in [0.2, 0.25) is 0 Å². The van der Waals surface area contributed by atoms with E-state index < -0.39 is 0 Å². The van der Waals surface area contributed by atoms with Crippen LogP contribution in [0.25, 0.3) is 0 Å². The summed E-state index contributed by atoms with van der Waals surface area (Å²) in [5.74, 6) is 1.32. The van der Waals surface area contributed by atoms with Crippen molar-refractivity contribution in [3.63, 3.8) is 0 Å². The monoisotopic (exact) mass is 208 g/mol. The molecular formula is C11H20N4. The minimum absolute atomic E-state index is 0.632. The molecule has 0 bridgehead atoms. The second kappa shape index (κ2) is 4.75. The van der Waals surface area contributed by atoms with Crippen LogP contribution in [0.3, 0.4) is 0 Å². The van der Waals surface area contributed by atoms with Crippen molar-refractivity contribution in [2.45, 2.75) is 39.2 Å². The minimum Gasteiger partial charge on any atom is -0.316 e. The molecule has 4 heteroatoms. The van der Waals surface area contributed by atoms with Gasteiger partial charge in [-0.15, -0.1) is 5.10 Å². The third-order valence-electron chi connectivity index (χ3n) is 3.25. The molecule has 1 N–H and O–H groups in total. The average Bonchev–Trinajstić information content (AvgIpc) is 2.67. The molecule has 0 saturated carbocycles. The number of hydrogen-bond acceptors (Lipinski definition) is 3. The third kappa shape index (κ3) is 2.20. The maximum absolute atomic E-state index is 4.16. The zero-order valence-corrected chi connectivity index (χ0v) is 9.61. The molecule has 1 aromatic rings. The van der Waals surface area contributed by atoms with Gasteiger partial charge in [-0.3, -0.25) is 0 Å². The summed E-state index contributed by atoms with van der Waals surface area (Å²) in [5, 5.41) is 11.6. The zero-order valence-electron chi connectivity index (χ0n) is 9.61. The summed E-state index contributed by atoms with van der Waals surface area (Å²) in [7, 11) is 0. The number of piperidine rings is 1. The second-order valence-corrected chi connectivity index (χ2v) is 4.46. The Hall–Kier alpha value is -0.900. The molecule has 0 aromatic carbocycles. The highest BCUT2D eigenvalue weighted by molar-refractivity contribution is 5.07. The van der Waals surface area contributed by atoms with Gasteiger partial charge in [0.15, 0.2) is 0 Å². The van der Waals surface area contributed by atoms with Gasteiger partial charge in [-0.25, -0.2) is 4.68 Å². The molecule has 1 aliphatic rings. The van der Waals surface area contributed by atoms with E-state index in [9.17, 15) is 0 Å². The van der Waals surface area contributed by atoms with Crippen LogP contribution in [-0.4, -0.2) is 28.1 Å². The number of nitrogens with zero attached hydrogens (tertiary/aromatic N) is 3. The topological polar surface area (TPSA) is 42.7 Å². The fourth-order valence-electron chi connectivity index (χ4n) is 2.39. The summed E-state index contributed by atoms with van der Waals surface area (Å²) in [6, 6.07) is 0. The number of nitrogens with one attached hydrogen (secondary N) is 1. The van der Waals surface area contributed by atoms with Crippen molar-refractivity contribution in [3.8, 4) is 0 Å². The van der Waals surface area contributed by atoms with Gasteiger partial charge in [-0.05, 0) is 31.8 Å². The Bertz CT molecular complexity index is 307. The summed E-state index contributed by atoms with van der Waals surface area (Å²) < 4.78 is 2.08. The number of aromatic nitrogens is 3. The van der Waals surface area contributed by atoms with E-state index in [0.29, 0.717) is 11.8 Å². The van der Waals surface area contributed by atoms with Crippen molar-refractivity contribution < 1.29 is 0 Å². The predicted octanol–water partition coefficient (Wildman–Crippen LogP) is 1.40. The minimum atomic E-state index is 0.632. The smallest absolute Gasteiger partial charge is 0.0728 e. The zero-order chi connectivity index (χ0) is 10.7. The Morgan fingerprint density at radius 1 is 1.60 bits per heavy atom. The van der Waals surface area contributed by atoms with Crippen LogP contribution in [0, 0.1) is 5.92 Å². The van der Waals surface area contributed by atoms with E-state index in [1.54, 1.807) is 0 Å². The van der Waals surface area contributed by atoms with Gasteiger partial charge in [0.05, 0.1) is 11.9 Å². The first-order valence-electron chi connectivity index (χ1n) is 5.92. The van der Waals surface area contributed by atoms with E-state index in [2.05, 4.69) is 34.2 Å². The van der Waals surface area contributed by atoms with Crippen LogP contribution in [0.4, 0.5) is 0 Å². The van der Waals surface area contributed by atoms with Crippen molar-refractivity contribution in [2.24, 2.45) is 5.92 Å². The summed E-state index contributed by atoms with van der Waals surface area (Å²) >= 11 is 0. The van der Waals surface area contributed by atoms with Crippen LogP contribution in [0.5, 0.6) is 0 Å². The molecule has 2 unspecified atom stereocenters. The Morgan fingerprint density at radius 3 is 3.20 bits per heavy atom. The summed E-state index contributed by atoms with van der Waals surface area (Å²) in [4.78, 5) is 0. The molecule has 4 nitrogen and oxygen atoms in total. The van der Waals surface area contributed by atoms with Gasteiger partial charge in [-0.2, -0.15) is 0 Å². The van der Waals surface area contributed by atoms with Crippen LogP contribution in [0.1, 0.15) is 38.3 Å². The summed E-state index contributed by atoms with van der Waals surface area (Å²) in [6.45, 7) is 7.71.